The highest BCUT2D eigenvalue weighted by Gasteiger charge is 2.20. The lowest BCUT2D eigenvalue weighted by Crippen LogP contribution is -2.49. The molecule has 0 amide bonds. The van der Waals surface area contributed by atoms with Gasteiger partial charge in [0.25, 0.3) is 0 Å². The van der Waals surface area contributed by atoms with Gasteiger partial charge < -0.3 is 20.4 Å². The van der Waals surface area contributed by atoms with Gasteiger partial charge in [0, 0.05) is 52.4 Å². The Bertz CT molecular complexity index is 448. The topological polar surface area (TPSA) is 162 Å². The molecule has 0 radical (unpaired) electrons. The van der Waals surface area contributed by atoms with Crippen molar-refractivity contribution in [3.63, 3.8) is 0 Å². The van der Waals surface area contributed by atoms with Crippen LogP contribution in [0.15, 0.2) is 0 Å². The number of carboxylic acids is 4. The smallest absolute Gasteiger partial charge is 0.317 e. The van der Waals surface area contributed by atoms with Crippen molar-refractivity contribution in [1.29, 1.82) is 0 Å². The fourth-order valence-electron chi connectivity index (χ4n) is 2.98. The molecule has 0 aromatic carbocycles. The zero-order valence-corrected chi connectivity index (χ0v) is 17.7. The van der Waals surface area contributed by atoms with E-state index in [-0.39, 0.29) is 26.2 Å². The zero-order valence-electron chi connectivity index (χ0n) is 17.7. The third-order valence-electron chi connectivity index (χ3n) is 4.37. The molecular weight excluding hydrogens is 400 g/mol. The van der Waals surface area contributed by atoms with Crippen LogP contribution < -0.4 is 0 Å². The van der Waals surface area contributed by atoms with Crippen LogP contribution in [0.2, 0.25) is 0 Å². The van der Waals surface area contributed by atoms with Crippen molar-refractivity contribution in [2.75, 3.05) is 78.5 Å². The molecule has 174 valence electrons. The Kier molecular flexibility index (Phi) is 14.4. The largest absolute Gasteiger partial charge is 0.480 e. The highest BCUT2D eigenvalue weighted by atomic mass is 16.4. The van der Waals surface area contributed by atoms with E-state index in [1.54, 1.807) is 19.6 Å². The SMILES string of the molecule is CC.O=C(O)CN1CCN(CC(=O)O)CCN(CC(=O)O)CCN(CC(=O)O)CC1. The van der Waals surface area contributed by atoms with Gasteiger partial charge in [-0.05, 0) is 0 Å². The normalized spacial score (nSPS) is 18.3. The summed E-state index contributed by atoms with van der Waals surface area (Å²) >= 11 is 0. The molecule has 4 N–H and O–H groups in total. The maximum atomic E-state index is 11.1. The van der Waals surface area contributed by atoms with Gasteiger partial charge in [0.05, 0.1) is 26.2 Å². The summed E-state index contributed by atoms with van der Waals surface area (Å²) in [7, 11) is 0. The predicted octanol–water partition coefficient (Wildman–Crippen LogP) is -1.43. The van der Waals surface area contributed by atoms with Crippen molar-refractivity contribution in [3.05, 3.63) is 0 Å². The van der Waals surface area contributed by atoms with Crippen LogP contribution in [-0.2, 0) is 19.2 Å². The van der Waals surface area contributed by atoms with Crippen LogP contribution in [0.4, 0.5) is 0 Å². The molecule has 1 aliphatic rings. The van der Waals surface area contributed by atoms with E-state index >= 15 is 0 Å². The molecule has 1 saturated heterocycles. The zero-order chi connectivity index (χ0) is 23.1. The van der Waals surface area contributed by atoms with Gasteiger partial charge in [-0.15, -0.1) is 0 Å². The van der Waals surface area contributed by atoms with Gasteiger partial charge >= 0.3 is 23.9 Å². The van der Waals surface area contributed by atoms with Gasteiger partial charge in [-0.1, -0.05) is 13.8 Å². The minimum absolute atomic E-state index is 0.229. The monoisotopic (exact) mass is 434 g/mol. The third kappa shape index (κ3) is 13.8. The number of aliphatic carboxylic acids is 4. The van der Waals surface area contributed by atoms with Crippen LogP contribution >= 0.6 is 0 Å². The van der Waals surface area contributed by atoms with Crippen LogP contribution in [0.1, 0.15) is 13.8 Å². The van der Waals surface area contributed by atoms with E-state index in [0.717, 1.165) is 0 Å². The van der Waals surface area contributed by atoms with E-state index in [0.29, 0.717) is 52.4 Å². The standard InChI is InChI=1S/C16H28N4O8.C2H6/c21-13(22)9-17-1-2-18(10-14(23)24)5-6-20(12-16(27)28)8-7-19(4-3-17)11-15(25)26;1-2/h1-12H2,(H,21,22)(H,23,24)(H,25,26)(H,27,28);1-2H3. The van der Waals surface area contributed by atoms with E-state index in [2.05, 4.69) is 0 Å². The van der Waals surface area contributed by atoms with E-state index in [9.17, 15) is 19.2 Å². The first-order chi connectivity index (χ1) is 14.2. The highest BCUT2D eigenvalue weighted by Crippen LogP contribution is 2.01. The summed E-state index contributed by atoms with van der Waals surface area (Å²) in [5.74, 6) is -4.08. The molecule has 0 spiro atoms. The molecule has 1 fully saturated rings. The lowest BCUT2D eigenvalue weighted by Gasteiger charge is -2.32. The minimum atomic E-state index is -1.02. The van der Waals surface area contributed by atoms with Gasteiger partial charge in [-0.3, -0.25) is 38.8 Å². The number of rotatable bonds is 8. The van der Waals surface area contributed by atoms with Crippen LogP contribution in [0.5, 0.6) is 0 Å². The third-order valence-corrected chi connectivity index (χ3v) is 4.37. The maximum absolute atomic E-state index is 11.1. The first kappa shape index (κ1) is 27.7. The summed E-state index contributed by atoms with van der Waals surface area (Å²) < 4.78 is 0. The van der Waals surface area contributed by atoms with Crippen LogP contribution in [0, 0.1) is 0 Å². The molecule has 12 heteroatoms. The minimum Gasteiger partial charge on any atom is -0.480 e. The summed E-state index contributed by atoms with van der Waals surface area (Å²) in [5.41, 5.74) is 0. The molecule has 12 nitrogen and oxygen atoms in total. The Morgan fingerprint density at radius 2 is 0.600 bits per heavy atom. The number of hydrogen-bond acceptors (Lipinski definition) is 8. The number of carboxylic acid groups (broad SMARTS) is 4. The van der Waals surface area contributed by atoms with Gasteiger partial charge in [-0.2, -0.15) is 0 Å². The van der Waals surface area contributed by atoms with Crippen molar-refractivity contribution in [2.24, 2.45) is 0 Å². The Hall–Kier alpha value is -2.28. The number of nitrogens with zero attached hydrogens (tertiary/aromatic N) is 4. The molecular formula is C18H34N4O8. The van der Waals surface area contributed by atoms with Crippen molar-refractivity contribution >= 4 is 23.9 Å². The molecule has 0 aromatic heterocycles. The predicted molar refractivity (Wildman–Crippen MR) is 108 cm³/mol. The van der Waals surface area contributed by atoms with Crippen LogP contribution in [0.3, 0.4) is 0 Å². The Labute approximate surface area is 176 Å². The van der Waals surface area contributed by atoms with Crippen LogP contribution in [0.25, 0.3) is 0 Å². The Morgan fingerprint density at radius 3 is 0.700 bits per heavy atom. The van der Waals surface area contributed by atoms with Gasteiger partial charge in [0.2, 0.25) is 0 Å². The molecule has 1 rings (SSSR count). The first-order valence-corrected chi connectivity index (χ1v) is 9.92. The maximum Gasteiger partial charge on any atom is 0.317 e. The fourth-order valence-corrected chi connectivity index (χ4v) is 2.98. The second-order valence-corrected chi connectivity index (χ2v) is 6.68. The van der Waals surface area contributed by atoms with E-state index in [1.807, 2.05) is 13.8 Å². The molecule has 0 aliphatic carbocycles. The Morgan fingerprint density at radius 1 is 0.467 bits per heavy atom. The molecule has 1 heterocycles. The summed E-state index contributed by atoms with van der Waals surface area (Å²) in [6, 6.07) is 0. The Balaban J connectivity index is 0.00000407. The van der Waals surface area contributed by atoms with E-state index < -0.39 is 23.9 Å². The summed E-state index contributed by atoms with van der Waals surface area (Å²) in [4.78, 5) is 50.9. The van der Waals surface area contributed by atoms with E-state index in [4.69, 9.17) is 20.4 Å². The van der Waals surface area contributed by atoms with Crippen molar-refractivity contribution in [2.45, 2.75) is 13.8 Å². The highest BCUT2D eigenvalue weighted by molar-refractivity contribution is 5.70. The van der Waals surface area contributed by atoms with Crippen molar-refractivity contribution in [3.8, 4) is 0 Å². The molecule has 1 aliphatic heterocycles. The number of hydrogen-bond donors (Lipinski definition) is 4. The lowest BCUT2D eigenvalue weighted by molar-refractivity contribution is -0.141. The molecule has 0 atom stereocenters. The second kappa shape index (κ2) is 15.5. The fraction of sp³-hybridized carbons (Fsp3) is 0.778. The summed E-state index contributed by atoms with van der Waals surface area (Å²) in [6.07, 6.45) is 0. The van der Waals surface area contributed by atoms with Gasteiger partial charge in [-0.25, -0.2) is 0 Å². The van der Waals surface area contributed by atoms with Crippen molar-refractivity contribution in [1.82, 2.24) is 19.6 Å². The summed E-state index contributed by atoms with van der Waals surface area (Å²) in [6.45, 7) is 5.52. The first-order valence-electron chi connectivity index (χ1n) is 9.92. The molecule has 0 unspecified atom stereocenters. The summed E-state index contributed by atoms with van der Waals surface area (Å²) in [5, 5.41) is 36.3. The number of carbonyl (C=O) groups is 4. The lowest BCUT2D eigenvalue weighted by atomic mass is 10.3. The molecule has 30 heavy (non-hydrogen) atoms. The van der Waals surface area contributed by atoms with E-state index in [1.165, 1.54) is 0 Å². The molecule has 0 bridgehead atoms. The van der Waals surface area contributed by atoms with Crippen LogP contribution in [-0.4, -0.2) is 142 Å². The average Bonchev–Trinajstić information content (AvgIpc) is 2.64. The van der Waals surface area contributed by atoms with Crippen molar-refractivity contribution < 1.29 is 39.6 Å². The van der Waals surface area contributed by atoms with Gasteiger partial charge in [0.15, 0.2) is 0 Å². The molecule has 0 saturated carbocycles. The average molecular weight is 434 g/mol. The molecule has 0 aromatic rings. The second-order valence-electron chi connectivity index (χ2n) is 6.68. The quantitative estimate of drug-likeness (QED) is 0.353. The van der Waals surface area contributed by atoms with Gasteiger partial charge in [0.1, 0.15) is 0 Å².